The first-order valence-corrected chi connectivity index (χ1v) is 8.71. The zero-order valence-electron chi connectivity index (χ0n) is 15.3. The summed E-state index contributed by atoms with van der Waals surface area (Å²) < 4.78 is 11.2. The van der Waals surface area contributed by atoms with Crippen molar-refractivity contribution >= 4 is 0 Å². The van der Waals surface area contributed by atoms with Gasteiger partial charge in [0.1, 0.15) is 0 Å². The van der Waals surface area contributed by atoms with E-state index in [4.69, 9.17) is 9.47 Å². The minimum atomic E-state index is 0. The summed E-state index contributed by atoms with van der Waals surface area (Å²) in [7, 11) is 4.32. The summed E-state index contributed by atoms with van der Waals surface area (Å²) in [6.45, 7) is 7.71. The molecule has 1 aromatic carbocycles. The van der Waals surface area contributed by atoms with E-state index in [0.29, 0.717) is 0 Å². The molecule has 5 heteroatoms. The predicted molar refractivity (Wildman–Crippen MR) is 94.7 cm³/mol. The quantitative estimate of drug-likeness (QED) is 0.374. The molecular formula is C19H31N2O2U-. The molecule has 1 heterocycles. The SMILES string of the molecule is CCCCOc1ccc([CH-]NCC2(N(C)C)CCOCC2)cc1.[U]. The van der Waals surface area contributed by atoms with Crippen LogP contribution in [0.3, 0.4) is 0 Å². The molecule has 24 heavy (non-hydrogen) atoms. The minimum absolute atomic E-state index is 0. The molecule has 0 spiro atoms. The van der Waals surface area contributed by atoms with Gasteiger partial charge in [-0.25, -0.2) is 0 Å². The number of benzene rings is 1. The molecule has 1 aliphatic heterocycles. The molecule has 0 aliphatic carbocycles. The van der Waals surface area contributed by atoms with Gasteiger partial charge in [-0.1, -0.05) is 25.5 Å². The van der Waals surface area contributed by atoms with Crippen molar-refractivity contribution in [2.75, 3.05) is 40.5 Å². The van der Waals surface area contributed by atoms with Crippen LogP contribution in [0.5, 0.6) is 5.75 Å². The first-order valence-electron chi connectivity index (χ1n) is 8.71. The van der Waals surface area contributed by atoms with Crippen LogP contribution in [0, 0.1) is 37.7 Å². The van der Waals surface area contributed by atoms with Crippen LogP contribution in [0.15, 0.2) is 24.3 Å². The summed E-state index contributed by atoms with van der Waals surface area (Å²) in [5, 5.41) is 3.50. The van der Waals surface area contributed by atoms with Crippen molar-refractivity contribution < 1.29 is 40.6 Å². The summed E-state index contributed by atoms with van der Waals surface area (Å²) in [4.78, 5) is 2.33. The van der Waals surface area contributed by atoms with Crippen molar-refractivity contribution in [1.82, 2.24) is 10.2 Å². The van der Waals surface area contributed by atoms with Gasteiger partial charge >= 0.3 is 0 Å². The van der Waals surface area contributed by atoms with E-state index in [2.05, 4.69) is 49.9 Å². The van der Waals surface area contributed by atoms with E-state index in [9.17, 15) is 0 Å². The smallest absolute Gasteiger partial charge is 0.0947 e. The molecule has 0 radical (unpaired) electrons. The zero-order valence-corrected chi connectivity index (χ0v) is 19.5. The number of likely N-dealkylation sites (N-methyl/N-ethyl adjacent to an activating group) is 1. The number of hydrogen-bond acceptors (Lipinski definition) is 4. The maximum atomic E-state index is 5.69. The van der Waals surface area contributed by atoms with E-state index in [1.165, 1.54) is 5.56 Å². The van der Waals surface area contributed by atoms with Crippen molar-refractivity contribution in [3.63, 3.8) is 0 Å². The molecule has 0 bridgehead atoms. The average Bonchev–Trinajstić information content (AvgIpc) is 2.57. The van der Waals surface area contributed by atoms with E-state index >= 15 is 0 Å². The van der Waals surface area contributed by atoms with Gasteiger partial charge in [-0.15, -0.1) is 6.54 Å². The van der Waals surface area contributed by atoms with E-state index < -0.39 is 0 Å². The van der Waals surface area contributed by atoms with Gasteiger partial charge in [0.05, 0.1) is 12.4 Å². The van der Waals surface area contributed by atoms with Crippen molar-refractivity contribution in [3.8, 4) is 5.75 Å². The normalized spacial score (nSPS) is 16.5. The predicted octanol–water partition coefficient (Wildman–Crippen LogP) is 3.08. The number of nitrogens with zero attached hydrogens (tertiary/aromatic N) is 1. The second-order valence-corrected chi connectivity index (χ2v) is 6.53. The average molecular weight is 557 g/mol. The van der Waals surface area contributed by atoms with Crippen LogP contribution in [0.2, 0.25) is 0 Å². The van der Waals surface area contributed by atoms with Crippen molar-refractivity contribution in [2.45, 2.75) is 38.1 Å². The molecule has 1 saturated heterocycles. The molecule has 0 unspecified atom stereocenters. The number of ether oxygens (including phenoxy) is 2. The van der Waals surface area contributed by atoms with Gasteiger partial charge < -0.3 is 19.7 Å². The van der Waals surface area contributed by atoms with Crippen LogP contribution in [0.25, 0.3) is 0 Å². The Morgan fingerprint density at radius 2 is 1.88 bits per heavy atom. The second-order valence-electron chi connectivity index (χ2n) is 6.53. The molecule has 0 saturated carbocycles. The third-order valence-corrected chi connectivity index (χ3v) is 4.72. The Hall–Kier alpha value is -0.178. The second kappa shape index (κ2) is 11.4. The molecule has 0 aromatic heterocycles. The first-order chi connectivity index (χ1) is 11.2. The van der Waals surface area contributed by atoms with Gasteiger partial charge in [0, 0.05) is 56.4 Å². The zero-order chi connectivity index (χ0) is 16.5. The van der Waals surface area contributed by atoms with Gasteiger partial charge in [0.2, 0.25) is 0 Å². The van der Waals surface area contributed by atoms with Crippen LogP contribution < -0.4 is 10.1 Å². The Morgan fingerprint density at radius 1 is 1.21 bits per heavy atom. The maximum absolute atomic E-state index is 5.69. The molecule has 1 aromatic rings. The molecular weight excluding hydrogens is 526 g/mol. The van der Waals surface area contributed by atoms with E-state index in [0.717, 1.165) is 57.8 Å². The third kappa shape index (κ3) is 6.61. The van der Waals surface area contributed by atoms with E-state index in [-0.39, 0.29) is 36.7 Å². The number of unbranched alkanes of at least 4 members (excludes halogenated alkanes) is 1. The molecule has 1 N–H and O–H groups in total. The van der Waals surface area contributed by atoms with Crippen LogP contribution in [0.4, 0.5) is 0 Å². The standard InChI is InChI=1S/C19H31N2O2.U/c1-4-5-12-23-18-8-6-17(7-9-18)15-20-16-19(21(2)3)10-13-22-14-11-19;/h6-9,15,20H,4-5,10-14,16H2,1-3H3;/q-1;. The minimum Gasteiger partial charge on any atom is -0.496 e. The fourth-order valence-corrected chi connectivity index (χ4v) is 2.89. The molecule has 4 nitrogen and oxygen atoms in total. The molecule has 0 amide bonds. The molecule has 2 rings (SSSR count). The summed E-state index contributed by atoms with van der Waals surface area (Å²) in [5.41, 5.74) is 1.37. The summed E-state index contributed by atoms with van der Waals surface area (Å²) >= 11 is 0. The fraction of sp³-hybridized carbons (Fsp3) is 0.632. The largest absolute Gasteiger partial charge is 0.496 e. The summed E-state index contributed by atoms with van der Waals surface area (Å²) in [6, 6.07) is 8.28. The van der Waals surface area contributed by atoms with Gasteiger partial charge in [0.15, 0.2) is 0 Å². The Bertz CT molecular complexity index is 445. The molecule has 0 atom stereocenters. The van der Waals surface area contributed by atoms with Crippen molar-refractivity contribution in [3.05, 3.63) is 36.4 Å². The first kappa shape index (κ1) is 21.9. The van der Waals surface area contributed by atoms with Crippen LogP contribution in [0.1, 0.15) is 38.2 Å². The fourth-order valence-electron chi connectivity index (χ4n) is 2.89. The van der Waals surface area contributed by atoms with Gasteiger partial charge in [-0.05, 0) is 33.4 Å². The molecule has 1 fully saturated rings. The Morgan fingerprint density at radius 3 is 2.46 bits per heavy atom. The van der Waals surface area contributed by atoms with Gasteiger partial charge in [-0.3, -0.25) is 0 Å². The molecule has 134 valence electrons. The summed E-state index contributed by atoms with van der Waals surface area (Å²) in [6.07, 6.45) is 4.41. The van der Waals surface area contributed by atoms with Gasteiger partial charge in [0.25, 0.3) is 0 Å². The topological polar surface area (TPSA) is 33.7 Å². The van der Waals surface area contributed by atoms with E-state index in [1.807, 2.05) is 12.1 Å². The van der Waals surface area contributed by atoms with Gasteiger partial charge in [-0.2, -0.15) is 17.7 Å². The van der Waals surface area contributed by atoms with E-state index in [1.54, 1.807) is 0 Å². The Labute approximate surface area is 171 Å². The Balaban J connectivity index is 0.00000288. The van der Waals surface area contributed by atoms with Crippen LogP contribution in [-0.4, -0.2) is 50.9 Å². The maximum Gasteiger partial charge on any atom is 0.0947 e. The number of nitrogens with one attached hydrogen (secondary N) is 1. The van der Waals surface area contributed by atoms with Crippen molar-refractivity contribution in [1.29, 1.82) is 0 Å². The summed E-state index contributed by atoms with van der Waals surface area (Å²) in [5.74, 6) is 0.949. The number of rotatable bonds is 9. The number of hydrogen-bond donors (Lipinski definition) is 1. The molecule has 1 aliphatic rings. The third-order valence-electron chi connectivity index (χ3n) is 4.72. The van der Waals surface area contributed by atoms with Crippen molar-refractivity contribution in [2.24, 2.45) is 0 Å². The van der Waals surface area contributed by atoms with Crippen LogP contribution >= 0.6 is 0 Å². The monoisotopic (exact) mass is 557 g/mol. The Kier molecular flexibility index (Phi) is 10.4. The van der Waals surface area contributed by atoms with Crippen LogP contribution in [-0.2, 0) is 4.74 Å².